The van der Waals surface area contributed by atoms with Gasteiger partial charge in [-0.25, -0.2) is 0 Å². The summed E-state index contributed by atoms with van der Waals surface area (Å²) in [5, 5.41) is 9.03. The number of nitrogens with two attached hydrogens (primary N) is 1. The Bertz CT molecular complexity index is 627. The van der Waals surface area contributed by atoms with Crippen molar-refractivity contribution >= 4 is 17.2 Å². The molecule has 0 aliphatic heterocycles. The summed E-state index contributed by atoms with van der Waals surface area (Å²) in [6.45, 7) is 4.51. The number of benzene rings is 2. The van der Waals surface area contributed by atoms with Crippen molar-refractivity contribution in [2.75, 3.05) is 0 Å². The van der Waals surface area contributed by atoms with Crippen LogP contribution in [0.15, 0.2) is 36.4 Å². The average molecular weight is 301 g/mol. The van der Waals surface area contributed by atoms with Gasteiger partial charge in [-0.05, 0) is 48.2 Å². The second-order valence-corrected chi connectivity index (χ2v) is 5.51. The first kappa shape index (κ1) is 15.5. The highest BCUT2D eigenvalue weighted by atomic mass is 32.1. The first-order valence-corrected chi connectivity index (χ1v) is 7.14. The SMILES string of the molecule is Cc1cc(C(N)=S)cc(C)c1OCc1ccc(CO)cc1. The molecular formula is C17H19NO2S. The van der Waals surface area contributed by atoms with Crippen molar-refractivity contribution in [3.8, 4) is 5.75 Å². The molecular weight excluding hydrogens is 282 g/mol. The van der Waals surface area contributed by atoms with E-state index in [2.05, 4.69) is 0 Å². The lowest BCUT2D eigenvalue weighted by molar-refractivity contribution is 0.281. The number of rotatable bonds is 5. The Kier molecular flexibility index (Phi) is 4.94. The molecule has 3 N–H and O–H groups in total. The van der Waals surface area contributed by atoms with E-state index in [1.807, 2.05) is 50.2 Å². The zero-order valence-electron chi connectivity index (χ0n) is 12.2. The molecule has 0 radical (unpaired) electrons. The molecule has 110 valence electrons. The van der Waals surface area contributed by atoms with Crippen LogP contribution >= 0.6 is 12.2 Å². The van der Waals surface area contributed by atoms with Gasteiger partial charge in [0.2, 0.25) is 0 Å². The predicted octanol–water partition coefficient (Wildman–Crippen LogP) is 3.01. The van der Waals surface area contributed by atoms with Crippen molar-refractivity contribution in [3.63, 3.8) is 0 Å². The van der Waals surface area contributed by atoms with E-state index >= 15 is 0 Å². The van der Waals surface area contributed by atoms with Gasteiger partial charge in [0, 0.05) is 5.56 Å². The lowest BCUT2D eigenvalue weighted by atomic mass is 10.1. The molecule has 0 atom stereocenters. The fraction of sp³-hybridized carbons (Fsp3) is 0.235. The molecule has 0 amide bonds. The van der Waals surface area contributed by atoms with Crippen LogP contribution in [0.4, 0.5) is 0 Å². The molecule has 0 unspecified atom stereocenters. The first-order chi connectivity index (χ1) is 10.0. The number of thiocarbonyl (C=S) groups is 1. The molecule has 2 aromatic carbocycles. The molecule has 3 nitrogen and oxygen atoms in total. The normalized spacial score (nSPS) is 10.4. The molecule has 2 aromatic rings. The topological polar surface area (TPSA) is 55.5 Å². The third kappa shape index (κ3) is 3.80. The largest absolute Gasteiger partial charge is 0.488 e. The van der Waals surface area contributed by atoms with Crippen LogP contribution in [0.5, 0.6) is 5.75 Å². The second-order valence-electron chi connectivity index (χ2n) is 5.07. The van der Waals surface area contributed by atoms with Crippen molar-refractivity contribution in [3.05, 3.63) is 64.2 Å². The van der Waals surface area contributed by atoms with Crippen molar-refractivity contribution < 1.29 is 9.84 Å². The third-order valence-electron chi connectivity index (χ3n) is 3.33. The number of aliphatic hydroxyl groups is 1. The van der Waals surface area contributed by atoms with Crippen LogP contribution in [0.1, 0.15) is 27.8 Å². The summed E-state index contributed by atoms with van der Waals surface area (Å²) >= 11 is 5.01. The fourth-order valence-corrected chi connectivity index (χ4v) is 2.33. The Hall–Kier alpha value is -1.91. The van der Waals surface area contributed by atoms with Gasteiger partial charge in [-0.3, -0.25) is 0 Å². The van der Waals surface area contributed by atoms with Gasteiger partial charge in [0.25, 0.3) is 0 Å². The Balaban J connectivity index is 2.14. The minimum atomic E-state index is 0.0554. The standard InChI is InChI=1S/C17H19NO2S/c1-11-7-15(17(18)21)8-12(2)16(11)20-10-14-5-3-13(9-19)4-6-14/h3-8,19H,9-10H2,1-2H3,(H2,18,21). The van der Waals surface area contributed by atoms with E-state index in [9.17, 15) is 0 Å². The Morgan fingerprint density at radius 2 is 1.62 bits per heavy atom. The summed E-state index contributed by atoms with van der Waals surface area (Å²) in [7, 11) is 0. The van der Waals surface area contributed by atoms with E-state index in [1.165, 1.54) is 0 Å². The smallest absolute Gasteiger partial charge is 0.125 e. The fourth-order valence-electron chi connectivity index (χ4n) is 2.22. The van der Waals surface area contributed by atoms with E-state index in [-0.39, 0.29) is 6.61 Å². The van der Waals surface area contributed by atoms with Crippen LogP contribution in [-0.4, -0.2) is 10.1 Å². The van der Waals surface area contributed by atoms with Gasteiger partial charge in [0.1, 0.15) is 17.3 Å². The highest BCUT2D eigenvalue weighted by Crippen LogP contribution is 2.25. The van der Waals surface area contributed by atoms with Crippen molar-refractivity contribution in [2.45, 2.75) is 27.1 Å². The molecule has 0 spiro atoms. The van der Waals surface area contributed by atoms with E-state index in [1.54, 1.807) is 0 Å². The van der Waals surface area contributed by atoms with E-state index in [4.69, 9.17) is 27.8 Å². The van der Waals surface area contributed by atoms with Crippen LogP contribution < -0.4 is 10.5 Å². The van der Waals surface area contributed by atoms with Crippen LogP contribution in [0, 0.1) is 13.8 Å². The summed E-state index contributed by atoms with van der Waals surface area (Å²) in [4.78, 5) is 0.396. The lowest BCUT2D eigenvalue weighted by Gasteiger charge is -2.14. The Labute approximate surface area is 130 Å². The van der Waals surface area contributed by atoms with Gasteiger partial charge in [-0.1, -0.05) is 36.5 Å². The first-order valence-electron chi connectivity index (χ1n) is 6.74. The summed E-state index contributed by atoms with van der Waals surface area (Å²) in [6.07, 6.45) is 0. The summed E-state index contributed by atoms with van der Waals surface area (Å²) in [5.41, 5.74) is 10.5. The second kappa shape index (κ2) is 6.70. The molecule has 0 aliphatic rings. The number of hydrogen-bond donors (Lipinski definition) is 2. The maximum Gasteiger partial charge on any atom is 0.125 e. The highest BCUT2D eigenvalue weighted by molar-refractivity contribution is 7.80. The molecule has 2 rings (SSSR count). The molecule has 0 aliphatic carbocycles. The van der Waals surface area contributed by atoms with Crippen molar-refractivity contribution in [2.24, 2.45) is 5.73 Å². The van der Waals surface area contributed by atoms with Crippen LogP contribution in [0.25, 0.3) is 0 Å². The maximum absolute atomic E-state index is 9.03. The molecule has 0 heterocycles. The average Bonchev–Trinajstić information content (AvgIpc) is 2.46. The summed E-state index contributed by atoms with van der Waals surface area (Å²) in [6, 6.07) is 11.6. The molecule has 0 bridgehead atoms. The lowest BCUT2D eigenvalue weighted by Crippen LogP contribution is -2.10. The summed E-state index contributed by atoms with van der Waals surface area (Å²) in [5.74, 6) is 0.862. The highest BCUT2D eigenvalue weighted by Gasteiger charge is 2.08. The molecule has 4 heteroatoms. The molecule has 0 saturated heterocycles. The minimum absolute atomic E-state index is 0.0554. The van der Waals surface area contributed by atoms with Crippen molar-refractivity contribution in [1.29, 1.82) is 0 Å². The molecule has 0 fully saturated rings. The quantitative estimate of drug-likeness (QED) is 0.834. The maximum atomic E-state index is 9.03. The van der Waals surface area contributed by atoms with Gasteiger partial charge >= 0.3 is 0 Å². The molecule has 0 saturated carbocycles. The van der Waals surface area contributed by atoms with Gasteiger partial charge in [0.05, 0.1) is 6.61 Å². The van der Waals surface area contributed by atoms with Crippen LogP contribution in [0.2, 0.25) is 0 Å². The van der Waals surface area contributed by atoms with Gasteiger partial charge < -0.3 is 15.6 Å². The number of hydrogen-bond acceptors (Lipinski definition) is 3. The zero-order valence-corrected chi connectivity index (χ0v) is 13.0. The van der Waals surface area contributed by atoms with Gasteiger partial charge in [-0.2, -0.15) is 0 Å². The number of aryl methyl sites for hydroxylation is 2. The van der Waals surface area contributed by atoms with Crippen LogP contribution in [0.3, 0.4) is 0 Å². The minimum Gasteiger partial charge on any atom is -0.488 e. The molecule has 21 heavy (non-hydrogen) atoms. The van der Waals surface area contributed by atoms with E-state index < -0.39 is 0 Å². The van der Waals surface area contributed by atoms with E-state index in [0.717, 1.165) is 33.6 Å². The van der Waals surface area contributed by atoms with Gasteiger partial charge in [-0.15, -0.1) is 0 Å². The van der Waals surface area contributed by atoms with Gasteiger partial charge in [0.15, 0.2) is 0 Å². The number of ether oxygens (including phenoxy) is 1. The number of aliphatic hydroxyl groups excluding tert-OH is 1. The summed E-state index contributed by atoms with van der Waals surface area (Å²) < 4.78 is 5.92. The third-order valence-corrected chi connectivity index (χ3v) is 3.57. The zero-order chi connectivity index (χ0) is 15.4. The Morgan fingerprint density at radius 3 is 2.10 bits per heavy atom. The van der Waals surface area contributed by atoms with Crippen LogP contribution in [-0.2, 0) is 13.2 Å². The monoisotopic (exact) mass is 301 g/mol. The van der Waals surface area contributed by atoms with Crippen molar-refractivity contribution in [1.82, 2.24) is 0 Å². The Morgan fingerprint density at radius 1 is 1.10 bits per heavy atom. The van der Waals surface area contributed by atoms with E-state index in [0.29, 0.717) is 11.6 Å². The predicted molar refractivity (Wildman–Crippen MR) is 88.5 cm³/mol. The molecule has 0 aromatic heterocycles.